The van der Waals surface area contributed by atoms with Crippen LogP contribution in [0.5, 0.6) is 0 Å². The maximum Gasteiger partial charge on any atom is 0.252 e. The fourth-order valence-corrected chi connectivity index (χ4v) is 1.44. The van der Waals surface area contributed by atoms with Crippen LogP contribution in [0, 0.1) is 12.3 Å². The maximum atomic E-state index is 11.6. The van der Waals surface area contributed by atoms with Crippen molar-refractivity contribution < 1.29 is 9.53 Å². The molecule has 1 heterocycles. The summed E-state index contributed by atoms with van der Waals surface area (Å²) < 4.78 is 5.43. The minimum atomic E-state index is -0.270. The summed E-state index contributed by atoms with van der Waals surface area (Å²) >= 11 is 0. The van der Waals surface area contributed by atoms with Crippen LogP contribution >= 0.6 is 0 Å². The number of amides is 1. The van der Waals surface area contributed by atoms with Crippen molar-refractivity contribution in [3.05, 3.63) is 0 Å². The summed E-state index contributed by atoms with van der Waals surface area (Å²) in [6.07, 6.45) is 6.81. The van der Waals surface area contributed by atoms with Crippen LogP contribution in [0.25, 0.3) is 0 Å². The number of likely N-dealkylation sites (N-methyl/N-ethyl adjacent to an activating group) is 1. The zero-order valence-electron chi connectivity index (χ0n) is 8.12. The quantitative estimate of drug-likeness (QED) is 0.585. The molecule has 1 rings (SSSR count). The van der Waals surface area contributed by atoms with Crippen LogP contribution < -0.4 is 0 Å². The predicted octanol–water partition coefficient (Wildman–Crippen LogP) is 0.645. The fraction of sp³-hybridized carbons (Fsp3) is 0.700. The Bertz CT molecular complexity index is 232. The molecule has 0 aromatic heterocycles. The summed E-state index contributed by atoms with van der Waals surface area (Å²) in [5, 5.41) is 0. The third-order valence-corrected chi connectivity index (χ3v) is 2.21. The van der Waals surface area contributed by atoms with Crippen LogP contribution in [0.15, 0.2) is 0 Å². The van der Waals surface area contributed by atoms with Crippen molar-refractivity contribution in [1.29, 1.82) is 0 Å². The molecular formula is C10H15NO2. The number of hydrogen-bond acceptors (Lipinski definition) is 2. The van der Waals surface area contributed by atoms with E-state index in [0.29, 0.717) is 6.54 Å². The molecule has 0 aromatic rings. The average Bonchev–Trinajstić information content (AvgIpc) is 2.51. The Kier molecular flexibility index (Phi) is 3.32. The van der Waals surface area contributed by atoms with Crippen LogP contribution in [0.4, 0.5) is 0 Å². The van der Waals surface area contributed by atoms with E-state index in [2.05, 4.69) is 5.92 Å². The zero-order valence-corrected chi connectivity index (χ0v) is 8.12. The van der Waals surface area contributed by atoms with E-state index in [1.165, 1.54) is 4.90 Å². The van der Waals surface area contributed by atoms with E-state index in [4.69, 9.17) is 11.2 Å². The van der Waals surface area contributed by atoms with Crippen molar-refractivity contribution in [2.24, 2.45) is 0 Å². The molecule has 0 aromatic carbocycles. The molecule has 0 spiro atoms. The van der Waals surface area contributed by atoms with Gasteiger partial charge in [0.2, 0.25) is 0 Å². The number of hydrogen-bond donors (Lipinski definition) is 0. The van der Waals surface area contributed by atoms with Crippen molar-refractivity contribution in [1.82, 2.24) is 4.90 Å². The number of rotatable bonds is 2. The van der Waals surface area contributed by atoms with E-state index >= 15 is 0 Å². The molecule has 2 unspecified atom stereocenters. The van der Waals surface area contributed by atoms with Gasteiger partial charge in [-0.3, -0.25) is 4.79 Å². The molecule has 1 saturated heterocycles. The number of nitrogens with zero attached hydrogens (tertiary/aromatic N) is 1. The lowest BCUT2D eigenvalue weighted by Crippen LogP contribution is -2.36. The standard InChI is InChI=1S/C10H15NO2/c1-4-7-11(3)10(12)9-6-5-8(2)13-9/h1,8-9H,5-7H2,2-3H3. The second-order valence-electron chi connectivity index (χ2n) is 3.41. The van der Waals surface area contributed by atoms with Gasteiger partial charge in [0.25, 0.3) is 5.91 Å². The molecule has 3 heteroatoms. The Balaban J connectivity index is 2.44. The van der Waals surface area contributed by atoms with Crippen LogP contribution in [0.1, 0.15) is 19.8 Å². The molecule has 0 bridgehead atoms. The molecule has 3 nitrogen and oxygen atoms in total. The first-order chi connectivity index (χ1) is 6.15. The fourth-order valence-electron chi connectivity index (χ4n) is 1.44. The van der Waals surface area contributed by atoms with Gasteiger partial charge >= 0.3 is 0 Å². The Hall–Kier alpha value is -1.01. The Morgan fingerprint density at radius 2 is 2.38 bits per heavy atom. The molecule has 0 aliphatic carbocycles. The first kappa shape index (κ1) is 10.1. The average molecular weight is 181 g/mol. The molecule has 13 heavy (non-hydrogen) atoms. The van der Waals surface area contributed by atoms with Crippen molar-refractivity contribution >= 4 is 5.91 Å². The number of ether oxygens (including phenoxy) is 1. The van der Waals surface area contributed by atoms with Gasteiger partial charge in [-0.2, -0.15) is 0 Å². The molecule has 2 atom stereocenters. The molecule has 1 aliphatic rings. The lowest BCUT2D eigenvalue weighted by molar-refractivity contribution is -0.140. The lowest BCUT2D eigenvalue weighted by atomic mass is 10.2. The monoisotopic (exact) mass is 181 g/mol. The van der Waals surface area contributed by atoms with E-state index in [1.807, 2.05) is 6.92 Å². The molecule has 1 aliphatic heterocycles. The molecule has 0 N–H and O–H groups in total. The third kappa shape index (κ3) is 2.46. The molecule has 1 amide bonds. The summed E-state index contributed by atoms with van der Waals surface area (Å²) in [6, 6.07) is 0. The maximum absolute atomic E-state index is 11.6. The minimum Gasteiger partial charge on any atom is -0.365 e. The normalized spacial score (nSPS) is 26.8. The largest absolute Gasteiger partial charge is 0.365 e. The Morgan fingerprint density at radius 3 is 2.85 bits per heavy atom. The second kappa shape index (κ2) is 4.29. The van der Waals surface area contributed by atoms with Crippen LogP contribution in [0.3, 0.4) is 0 Å². The van der Waals surface area contributed by atoms with Crippen LogP contribution in [0.2, 0.25) is 0 Å². The van der Waals surface area contributed by atoms with E-state index in [1.54, 1.807) is 7.05 Å². The second-order valence-corrected chi connectivity index (χ2v) is 3.41. The Morgan fingerprint density at radius 1 is 1.69 bits per heavy atom. The van der Waals surface area contributed by atoms with Crippen molar-refractivity contribution in [2.45, 2.75) is 32.0 Å². The third-order valence-electron chi connectivity index (χ3n) is 2.21. The van der Waals surface area contributed by atoms with Crippen LogP contribution in [-0.4, -0.2) is 36.6 Å². The molecule has 0 radical (unpaired) electrons. The van der Waals surface area contributed by atoms with E-state index in [0.717, 1.165) is 12.8 Å². The van der Waals surface area contributed by atoms with Gasteiger partial charge in [-0.15, -0.1) is 6.42 Å². The minimum absolute atomic E-state index is 0.00213. The SMILES string of the molecule is C#CCN(C)C(=O)C1CCC(C)O1. The van der Waals surface area contributed by atoms with Gasteiger partial charge in [0.05, 0.1) is 12.6 Å². The van der Waals surface area contributed by atoms with Gasteiger partial charge < -0.3 is 9.64 Å². The van der Waals surface area contributed by atoms with Gasteiger partial charge in [-0.05, 0) is 19.8 Å². The number of terminal acetylenes is 1. The summed E-state index contributed by atoms with van der Waals surface area (Å²) in [5.74, 6) is 2.43. The highest BCUT2D eigenvalue weighted by atomic mass is 16.5. The highest BCUT2D eigenvalue weighted by molar-refractivity contribution is 5.81. The van der Waals surface area contributed by atoms with Gasteiger partial charge in [-0.1, -0.05) is 5.92 Å². The zero-order chi connectivity index (χ0) is 9.84. The van der Waals surface area contributed by atoms with Crippen LogP contribution in [-0.2, 0) is 9.53 Å². The lowest BCUT2D eigenvalue weighted by Gasteiger charge is -2.18. The highest BCUT2D eigenvalue weighted by Crippen LogP contribution is 2.20. The molecule has 1 fully saturated rings. The highest BCUT2D eigenvalue weighted by Gasteiger charge is 2.29. The summed E-state index contributed by atoms with van der Waals surface area (Å²) in [5.41, 5.74) is 0. The number of carbonyl (C=O) groups is 1. The van der Waals surface area contributed by atoms with Crippen molar-refractivity contribution in [3.8, 4) is 12.3 Å². The molecule has 0 saturated carbocycles. The summed E-state index contributed by atoms with van der Waals surface area (Å²) in [4.78, 5) is 13.1. The van der Waals surface area contributed by atoms with Gasteiger partial charge in [0, 0.05) is 7.05 Å². The topological polar surface area (TPSA) is 29.5 Å². The smallest absolute Gasteiger partial charge is 0.252 e. The van der Waals surface area contributed by atoms with E-state index in [9.17, 15) is 4.79 Å². The summed E-state index contributed by atoms with van der Waals surface area (Å²) in [6.45, 7) is 2.33. The van der Waals surface area contributed by atoms with E-state index in [-0.39, 0.29) is 18.1 Å². The first-order valence-electron chi connectivity index (χ1n) is 4.49. The van der Waals surface area contributed by atoms with Gasteiger partial charge in [-0.25, -0.2) is 0 Å². The van der Waals surface area contributed by atoms with E-state index < -0.39 is 0 Å². The summed E-state index contributed by atoms with van der Waals surface area (Å²) in [7, 11) is 1.70. The number of carbonyl (C=O) groups excluding carboxylic acids is 1. The Labute approximate surface area is 79.1 Å². The van der Waals surface area contributed by atoms with Gasteiger partial charge in [0.1, 0.15) is 6.10 Å². The van der Waals surface area contributed by atoms with Gasteiger partial charge in [0.15, 0.2) is 0 Å². The first-order valence-corrected chi connectivity index (χ1v) is 4.49. The molecule has 72 valence electrons. The predicted molar refractivity (Wildman–Crippen MR) is 50.0 cm³/mol. The van der Waals surface area contributed by atoms with Crippen molar-refractivity contribution in [2.75, 3.05) is 13.6 Å². The molecular weight excluding hydrogens is 166 g/mol. The van der Waals surface area contributed by atoms with Crippen molar-refractivity contribution in [3.63, 3.8) is 0 Å².